The lowest BCUT2D eigenvalue weighted by molar-refractivity contribution is 0.0740. The van der Waals surface area contributed by atoms with Crippen LogP contribution >= 0.6 is 34.5 Å². The Kier molecular flexibility index (Phi) is 7.87. The Labute approximate surface area is 261 Å². The number of ether oxygens (including phenoxy) is 4. The largest absolute Gasteiger partial charge is 0.493 e. The standard InChI is InChI=1S/C33H22Cl2N2O5S/c1-39-27-14-18(10-13-25(27)40-17-19-6-2-4-8-24(19)34)29-21-12-11-20(15-26(21)42-32(37)23(29)16-36)41-33(38)31-30(35)22-7-3-5-9-28(22)43-31/h2-15,29H,17,37H2,1H3. The Morgan fingerprint density at radius 3 is 2.58 bits per heavy atom. The van der Waals surface area contributed by atoms with Gasteiger partial charge in [-0.15, -0.1) is 11.3 Å². The highest BCUT2D eigenvalue weighted by molar-refractivity contribution is 7.21. The van der Waals surface area contributed by atoms with Gasteiger partial charge in [0.15, 0.2) is 11.5 Å². The van der Waals surface area contributed by atoms with E-state index in [0.29, 0.717) is 37.7 Å². The fourth-order valence-corrected chi connectivity index (χ4v) is 6.47. The number of benzene rings is 4. The molecule has 1 atom stereocenters. The van der Waals surface area contributed by atoms with Crippen LogP contribution in [0.3, 0.4) is 0 Å². The van der Waals surface area contributed by atoms with Crippen molar-refractivity contribution >= 4 is 50.6 Å². The smallest absolute Gasteiger partial charge is 0.355 e. The molecule has 214 valence electrons. The van der Waals surface area contributed by atoms with Gasteiger partial charge in [0.25, 0.3) is 0 Å². The summed E-state index contributed by atoms with van der Waals surface area (Å²) in [5.74, 6) is 0.376. The summed E-state index contributed by atoms with van der Waals surface area (Å²) < 4.78 is 24.0. The first-order valence-corrected chi connectivity index (χ1v) is 14.6. The van der Waals surface area contributed by atoms with E-state index in [1.54, 1.807) is 36.4 Å². The maximum Gasteiger partial charge on any atom is 0.355 e. The van der Waals surface area contributed by atoms with E-state index in [-0.39, 0.29) is 23.8 Å². The second-order valence-corrected chi connectivity index (χ2v) is 11.4. The van der Waals surface area contributed by atoms with Crippen LogP contribution in [-0.2, 0) is 6.61 Å². The topological polar surface area (TPSA) is 104 Å². The number of nitrogens with two attached hydrogens (primary N) is 1. The van der Waals surface area contributed by atoms with Gasteiger partial charge in [0.1, 0.15) is 34.6 Å². The van der Waals surface area contributed by atoms with Crippen molar-refractivity contribution in [2.24, 2.45) is 5.73 Å². The lowest BCUT2D eigenvalue weighted by atomic mass is 9.83. The summed E-state index contributed by atoms with van der Waals surface area (Å²) in [6, 6.07) is 27.5. The number of hydrogen-bond donors (Lipinski definition) is 1. The molecule has 4 aromatic carbocycles. The summed E-state index contributed by atoms with van der Waals surface area (Å²) in [7, 11) is 1.54. The quantitative estimate of drug-likeness (QED) is 0.143. The zero-order chi connectivity index (χ0) is 30.1. The molecule has 0 spiro atoms. The lowest BCUT2D eigenvalue weighted by Gasteiger charge is -2.27. The molecular weight excluding hydrogens is 607 g/mol. The number of nitrogens with zero attached hydrogens (tertiary/aromatic N) is 1. The van der Waals surface area contributed by atoms with Gasteiger partial charge in [0, 0.05) is 32.3 Å². The Morgan fingerprint density at radius 1 is 1.02 bits per heavy atom. The van der Waals surface area contributed by atoms with Gasteiger partial charge in [0.05, 0.1) is 18.1 Å². The number of nitriles is 1. The molecular formula is C33H22Cl2N2O5S. The van der Waals surface area contributed by atoms with Gasteiger partial charge >= 0.3 is 5.97 Å². The molecule has 0 saturated heterocycles. The van der Waals surface area contributed by atoms with Crippen LogP contribution in [0.1, 0.15) is 32.3 Å². The fraction of sp³-hybridized carbons (Fsp3) is 0.0909. The summed E-state index contributed by atoms with van der Waals surface area (Å²) in [6.07, 6.45) is 0. The molecule has 1 aliphatic rings. The van der Waals surface area contributed by atoms with Gasteiger partial charge in [-0.05, 0) is 35.9 Å². The predicted octanol–water partition coefficient (Wildman–Crippen LogP) is 8.23. The normalized spacial score (nSPS) is 14.0. The number of carbonyl (C=O) groups excluding carboxylic acids is 1. The summed E-state index contributed by atoms with van der Waals surface area (Å²) >= 11 is 14.0. The van der Waals surface area contributed by atoms with E-state index < -0.39 is 11.9 Å². The van der Waals surface area contributed by atoms with E-state index in [9.17, 15) is 10.1 Å². The molecule has 1 aromatic heterocycles. The van der Waals surface area contributed by atoms with E-state index in [2.05, 4.69) is 6.07 Å². The number of hydrogen-bond acceptors (Lipinski definition) is 8. The Morgan fingerprint density at radius 2 is 1.81 bits per heavy atom. The first-order chi connectivity index (χ1) is 20.9. The van der Waals surface area contributed by atoms with E-state index in [1.807, 2.05) is 48.5 Å². The van der Waals surface area contributed by atoms with Crippen LogP contribution in [0.4, 0.5) is 0 Å². The summed E-state index contributed by atoms with van der Waals surface area (Å²) in [5, 5.41) is 11.7. The third-order valence-electron chi connectivity index (χ3n) is 6.98. The highest BCUT2D eigenvalue weighted by atomic mass is 35.5. The number of methoxy groups -OCH3 is 1. The van der Waals surface area contributed by atoms with Crippen molar-refractivity contribution < 1.29 is 23.7 Å². The molecule has 0 amide bonds. The van der Waals surface area contributed by atoms with Gasteiger partial charge in [-0.2, -0.15) is 5.26 Å². The minimum absolute atomic E-state index is 0.0472. The molecule has 1 aliphatic heterocycles. The van der Waals surface area contributed by atoms with Crippen LogP contribution < -0.4 is 24.7 Å². The van der Waals surface area contributed by atoms with Crippen LogP contribution in [0.25, 0.3) is 10.1 Å². The number of halogens is 2. The first kappa shape index (κ1) is 28.4. The molecule has 6 rings (SSSR count). The molecule has 0 fully saturated rings. The van der Waals surface area contributed by atoms with Crippen LogP contribution in [0.2, 0.25) is 10.0 Å². The SMILES string of the molecule is COc1cc(C2C(C#N)=C(N)Oc3cc(OC(=O)c4sc5ccccc5c4Cl)ccc32)ccc1OCc1ccccc1Cl. The van der Waals surface area contributed by atoms with E-state index in [4.69, 9.17) is 47.9 Å². The average Bonchev–Trinajstić information content (AvgIpc) is 3.36. The molecule has 5 aromatic rings. The zero-order valence-electron chi connectivity index (χ0n) is 22.6. The second-order valence-electron chi connectivity index (χ2n) is 9.55. The van der Waals surface area contributed by atoms with Crippen molar-refractivity contribution in [2.45, 2.75) is 12.5 Å². The number of rotatable bonds is 7. The zero-order valence-corrected chi connectivity index (χ0v) is 24.9. The molecule has 1 unspecified atom stereocenters. The van der Waals surface area contributed by atoms with Crippen LogP contribution in [0, 0.1) is 11.3 Å². The molecule has 10 heteroatoms. The van der Waals surface area contributed by atoms with Gasteiger partial charge < -0.3 is 24.7 Å². The number of carbonyl (C=O) groups is 1. The molecule has 0 radical (unpaired) electrons. The summed E-state index contributed by atoms with van der Waals surface area (Å²) in [5.41, 5.74) is 8.67. The van der Waals surface area contributed by atoms with E-state index >= 15 is 0 Å². The maximum absolute atomic E-state index is 13.0. The third kappa shape index (κ3) is 5.46. The monoisotopic (exact) mass is 628 g/mol. The van der Waals surface area contributed by atoms with Gasteiger partial charge in [-0.25, -0.2) is 4.79 Å². The number of fused-ring (bicyclic) bond motifs is 2. The van der Waals surface area contributed by atoms with Gasteiger partial charge in [-0.3, -0.25) is 0 Å². The maximum atomic E-state index is 13.0. The third-order valence-corrected chi connectivity index (χ3v) is 9.01. The van der Waals surface area contributed by atoms with E-state index in [1.165, 1.54) is 18.4 Å². The predicted molar refractivity (Wildman–Crippen MR) is 166 cm³/mol. The lowest BCUT2D eigenvalue weighted by Crippen LogP contribution is -2.21. The molecule has 0 bridgehead atoms. The molecule has 2 N–H and O–H groups in total. The summed E-state index contributed by atoms with van der Waals surface area (Å²) in [6.45, 7) is 0.250. The molecule has 43 heavy (non-hydrogen) atoms. The summed E-state index contributed by atoms with van der Waals surface area (Å²) in [4.78, 5) is 13.3. The Bertz CT molecular complexity index is 1960. The second kappa shape index (κ2) is 11.9. The highest BCUT2D eigenvalue weighted by Crippen LogP contribution is 2.45. The van der Waals surface area contributed by atoms with Crippen molar-refractivity contribution in [3.05, 3.63) is 128 Å². The Balaban J connectivity index is 1.29. The van der Waals surface area contributed by atoms with Crippen molar-refractivity contribution in [2.75, 3.05) is 7.11 Å². The van der Waals surface area contributed by atoms with Crippen molar-refractivity contribution in [1.82, 2.24) is 0 Å². The number of esters is 1. The van der Waals surface area contributed by atoms with Crippen LogP contribution in [0.5, 0.6) is 23.0 Å². The minimum Gasteiger partial charge on any atom is -0.493 e. The van der Waals surface area contributed by atoms with Crippen molar-refractivity contribution in [3.8, 4) is 29.1 Å². The number of thiophene rings is 1. The fourth-order valence-electron chi connectivity index (χ4n) is 4.89. The van der Waals surface area contributed by atoms with Crippen molar-refractivity contribution in [3.63, 3.8) is 0 Å². The molecule has 2 heterocycles. The molecule has 0 saturated carbocycles. The molecule has 7 nitrogen and oxygen atoms in total. The minimum atomic E-state index is -0.586. The molecule has 0 aliphatic carbocycles. The first-order valence-electron chi connectivity index (χ1n) is 13.0. The highest BCUT2D eigenvalue weighted by Gasteiger charge is 2.32. The van der Waals surface area contributed by atoms with E-state index in [0.717, 1.165) is 21.2 Å². The van der Waals surface area contributed by atoms with Crippen molar-refractivity contribution in [1.29, 1.82) is 5.26 Å². The number of allylic oxidation sites excluding steroid dienone is 1. The van der Waals surface area contributed by atoms with Crippen LogP contribution in [-0.4, -0.2) is 13.1 Å². The van der Waals surface area contributed by atoms with Gasteiger partial charge in [0.2, 0.25) is 5.88 Å². The van der Waals surface area contributed by atoms with Crippen LogP contribution in [0.15, 0.2) is 96.4 Å². The average molecular weight is 630 g/mol. The Hall–Kier alpha value is -4.68. The van der Waals surface area contributed by atoms with Gasteiger partial charge in [-0.1, -0.05) is 71.7 Å².